The minimum absolute atomic E-state index is 0.151. The zero-order valence-corrected chi connectivity index (χ0v) is 9.37. The van der Waals surface area contributed by atoms with Crippen LogP contribution in [0.25, 0.3) is 0 Å². The van der Waals surface area contributed by atoms with E-state index in [4.69, 9.17) is 4.74 Å². The fraction of sp³-hybridized carbons (Fsp3) is 0.400. The van der Waals surface area contributed by atoms with E-state index >= 15 is 0 Å². The molecule has 0 aliphatic heterocycles. The predicted molar refractivity (Wildman–Crippen MR) is 61.8 cm³/mol. The van der Waals surface area contributed by atoms with Crippen LogP contribution in [0.15, 0.2) is 18.2 Å². The first-order chi connectivity index (χ1) is 7.19. The van der Waals surface area contributed by atoms with Crippen molar-refractivity contribution in [2.24, 2.45) is 0 Å². The Kier molecular flexibility index (Phi) is 4.42. The molecule has 0 radical (unpaired) electrons. The van der Waals surface area contributed by atoms with Gasteiger partial charge in [-0.25, -0.2) is 0 Å². The number of nitro groups is 1. The predicted octanol–water partition coefficient (Wildman–Crippen LogP) is 2.47. The molecule has 5 heteroatoms. The highest BCUT2D eigenvalue weighted by atomic mass is 32.1. The molecule has 0 amide bonds. The normalized spacial score (nSPS) is 10.0. The minimum atomic E-state index is -0.368. The quantitative estimate of drug-likeness (QED) is 0.477. The van der Waals surface area contributed by atoms with Crippen molar-refractivity contribution in [3.05, 3.63) is 33.9 Å². The van der Waals surface area contributed by atoms with E-state index in [2.05, 4.69) is 12.6 Å². The number of hydrogen-bond donors (Lipinski definition) is 1. The van der Waals surface area contributed by atoms with Gasteiger partial charge in [0.2, 0.25) is 0 Å². The highest BCUT2D eigenvalue weighted by molar-refractivity contribution is 7.80. The van der Waals surface area contributed by atoms with E-state index in [1.54, 1.807) is 19.2 Å². The first kappa shape index (κ1) is 11.8. The van der Waals surface area contributed by atoms with Crippen LogP contribution in [0.4, 0.5) is 5.69 Å². The van der Waals surface area contributed by atoms with Gasteiger partial charge in [0.25, 0.3) is 5.69 Å². The summed E-state index contributed by atoms with van der Waals surface area (Å²) in [5, 5.41) is 10.7. The molecule has 0 atom stereocenters. The van der Waals surface area contributed by atoms with Crippen LogP contribution in [0.5, 0.6) is 5.75 Å². The maximum absolute atomic E-state index is 10.7. The molecule has 1 aromatic rings. The number of hydrogen-bond acceptors (Lipinski definition) is 4. The second-order valence-corrected chi connectivity index (χ2v) is 3.53. The summed E-state index contributed by atoms with van der Waals surface area (Å²) in [7, 11) is 1.55. The number of thiol groups is 1. The van der Waals surface area contributed by atoms with Crippen LogP contribution in [0.1, 0.15) is 12.0 Å². The Bertz CT molecular complexity index is 355. The standard InChI is InChI=1S/C10H13NO3S/c1-14-9-4-5-10(11(12)13)8(7-9)3-2-6-15/h4-5,7,15H,2-3,6H2,1H3. The van der Waals surface area contributed by atoms with Crippen molar-refractivity contribution in [2.45, 2.75) is 12.8 Å². The molecular weight excluding hydrogens is 214 g/mol. The molecule has 0 fully saturated rings. The van der Waals surface area contributed by atoms with E-state index in [9.17, 15) is 10.1 Å². The number of nitro benzene ring substituents is 1. The third-order valence-corrected chi connectivity index (χ3v) is 2.40. The molecule has 0 aliphatic rings. The third-order valence-electron chi connectivity index (χ3n) is 2.09. The van der Waals surface area contributed by atoms with E-state index in [-0.39, 0.29) is 10.6 Å². The average Bonchev–Trinajstić information content (AvgIpc) is 2.25. The van der Waals surface area contributed by atoms with Gasteiger partial charge in [0.15, 0.2) is 0 Å². The number of methoxy groups -OCH3 is 1. The Morgan fingerprint density at radius 3 is 2.80 bits per heavy atom. The summed E-state index contributed by atoms with van der Waals surface area (Å²) in [6, 6.07) is 4.79. The molecule has 82 valence electrons. The Morgan fingerprint density at radius 2 is 2.27 bits per heavy atom. The molecule has 4 nitrogen and oxygen atoms in total. The topological polar surface area (TPSA) is 52.4 Å². The van der Waals surface area contributed by atoms with E-state index in [0.29, 0.717) is 23.5 Å². The Hall–Kier alpha value is -1.23. The molecule has 0 heterocycles. The highest BCUT2D eigenvalue weighted by Gasteiger charge is 2.13. The summed E-state index contributed by atoms with van der Waals surface area (Å²) in [6.07, 6.45) is 1.47. The number of benzene rings is 1. The largest absolute Gasteiger partial charge is 0.497 e. The number of aryl methyl sites for hydroxylation is 1. The Balaban J connectivity index is 2.99. The minimum Gasteiger partial charge on any atom is -0.497 e. The van der Waals surface area contributed by atoms with Gasteiger partial charge in [0.1, 0.15) is 5.75 Å². The van der Waals surface area contributed by atoms with E-state index in [1.165, 1.54) is 6.07 Å². The SMILES string of the molecule is COc1ccc([N+](=O)[O-])c(CCCS)c1. The van der Waals surface area contributed by atoms with E-state index < -0.39 is 0 Å². The summed E-state index contributed by atoms with van der Waals surface area (Å²) < 4.78 is 5.03. The highest BCUT2D eigenvalue weighted by Crippen LogP contribution is 2.25. The van der Waals surface area contributed by atoms with Crippen LogP contribution in [-0.2, 0) is 6.42 Å². The lowest BCUT2D eigenvalue weighted by atomic mass is 10.1. The maximum atomic E-state index is 10.7. The van der Waals surface area contributed by atoms with Crippen LogP contribution in [0, 0.1) is 10.1 Å². The van der Waals surface area contributed by atoms with E-state index in [1.807, 2.05) is 0 Å². The first-order valence-corrected chi connectivity index (χ1v) is 5.24. The molecule has 0 unspecified atom stereocenters. The summed E-state index contributed by atoms with van der Waals surface area (Å²) >= 11 is 4.08. The second kappa shape index (κ2) is 5.60. The average molecular weight is 227 g/mol. The van der Waals surface area contributed by atoms with Crippen molar-refractivity contribution in [3.63, 3.8) is 0 Å². The van der Waals surface area contributed by atoms with Gasteiger partial charge < -0.3 is 4.74 Å². The zero-order valence-electron chi connectivity index (χ0n) is 8.47. The molecular formula is C10H13NO3S. The van der Waals surface area contributed by atoms with E-state index in [0.717, 1.165) is 6.42 Å². The molecule has 0 saturated heterocycles. The molecule has 15 heavy (non-hydrogen) atoms. The van der Waals surface area contributed by atoms with Crippen LogP contribution in [0.3, 0.4) is 0 Å². The summed E-state index contributed by atoms with van der Waals surface area (Å²) in [4.78, 5) is 10.4. The lowest BCUT2D eigenvalue weighted by Gasteiger charge is -2.04. The first-order valence-electron chi connectivity index (χ1n) is 4.61. The second-order valence-electron chi connectivity index (χ2n) is 3.08. The lowest BCUT2D eigenvalue weighted by Crippen LogP contribution is -1.97. The molecule has 0 spiro atoms. The smallest absolute Gasteiger partial charge is 0.272 e. The molecule has 0 saturated carbocycles. The van der Waals surface area contributed by atoms with Gasteiger partial charge in [0, 0.05) is 11.6 Å². The molecule has 0 N–H and O–H groups in total. The van der Waals surface area contributed by atoms with Crippen molar-refractivity contribution < 1.29 is 9.66 Å². The van der Waals surface area contributed by atoms with Crippen molar-refractivity contribution in [1.82, 2.24) is 0 Å². The van der Waals surface area contributed by atoms with Gasteiger partial charge in [-0.3, -0.25) is 10.1 Å². The van der Waals surface area contributed by atoms with Crippen LogP contribution >= 0.6 is 12.6 Å². The van der Waals surface area contributed by atoms with Crippen molar-refractivity contribution in [1.29, 1.82) is 0 Å². The van der Waals surface area contributed by atoms with Gasteiger partial charge >= 0.3 is 0 Å². The third kappa shape index (κ3) is 3.13. The molecule has 0 aliphatic carbocycles. The monoisotopic (exact) mass is 227 g/mol. The van der Waals surface area contributed by atoms with Crippen LogP contribution in [-0.4, -0.2) is 17.8 Å². The van der Waals surface area contributed by atoms with Gasteiger partial charge in [0.05, 0.1) is 12.0 Å². The molecule has 0 bridgehead atoms. The van der Waals surface area contributed by atoms with Crippen molar-refractivity contribution >= 4 is 18.3 Å². The zero-order chi connectivity index (χ0) is 11.3. The van der Waals surface area contributed by atoms with Gasteiger partial charge in [-0.1, -0.05) is 0 Å². The molecule has 1 rings (SSSR count). The number of rotatable bonds is 5. The van der Waals surface area contributed by atoms with Gasteiger partial charge in [-0.2, -0.15) is 12.6 Å². The summed E-state index contributed by atoms with van der Waals surface area (Å²) in [5.41, 5.74) is 0.853. The van der Waals surface area contributed by atoms with Crippen LogP contribution in [0.2, 0.25) is 0 Å². The summed E-state index contributed by atoms with van der Waals surface area (Å²) in [5.74, 6) is 1.36. The molecule has 0 aromatic heterocycles. The number of ether oxygens (including phenoxy) is 1. The Morgan fingerprint density at radius 1 is 1.53 bits per heavy atom. The summed E-state index contributed by atoms with van der Waals surface area (Å²) in [6.45, 7) is 0. The fourth-order valence-corrected chi connectivity index (χ4v) is 1.49. The number of nitrogens with zero attached hydrogens (tertiary/aromatic N) is 1. The van der Waals surface area contributed by atoms with Gasteiger partial charge in [-0.15, -0.1) is 0 Å². The molecule has 1 aromatic carbocycles. The fourth-order valence-electron chi connectivity index (χ4n) is 1.34. The lowest BCUT2D eigenvalue weighted by molar-refractivity contribution is -0.385. The Labute approximate surface area is 93.8 Å². The van der Waals surface area contributed by atoms with Crippen molar-refractivity contribution in [2.75, 3.05) is 12.9 Å². The maximum Gasteiger partial charge on any atom is 0.272 e. The van der Waals surface area contributed by atoms with Gasteiger partial charge in [-0.05, 0) is 30.7 Å². The van der Waals surface area contributed by atoms with Crippen molar-refractivity contribution in [3.8, 4) is 5.75 Å². The van der Waals surface area contributed by atoms with Crippen LogP contribution < -0.4 is 4.74 Å².